The van der Waals surface area contributed by atoms with Gasteiger partial charge in [-0.1, -0.05) is 24.3 Å². The minimum absolute atomic E-state index is 0.246. The van der Waals surface area contributed by atoms with Gasteiger partial charge < -0.3 is 15.7 Å². The Morgan fingerprint density at radius 3 is 2.25 bits per heavy atom. The first-order valence-corrected chi connectivity index (χ1v) is 7.88. The highest BCUT2D eigenvalue weighted by Gasteiger charge is 2.29. The average molecular weight is 329 g/mol. The van der Waals surface area contributed by atoms with Crippen LogP contribution < -0.4 is 10.6 Å². The number of aromatic hydroxyl groups is 1. The predicted octanol–water partition coefficient (Wildman–Crippen LogP) is 1.88. The van der Waals surface area contributed by atoms with Crippen molar-refractivity contribution in [3.63, 3.8) is 0 Å². The summed E-state index contributed by atoms with van der Waals surface area (Å²) in [7, 11) is 0. The number of amides is 1. The molecule has 3 rings (SSSR count). The van der Waals surface area contributed by atoms with Crippen molar-refractivity contribution in [2.75, 3.05) is 31.1 Å². The number of hydrogen-bond acceptors (Lipinski definition) is 4. The van der Waals surface area contributed by atoms with Crippen LogP contribution in [-0.2, 0) is 4.79 Å². The molecule has 1 aliphatic rings. The molecular weight excluding hydrogens is 309 g/mol. The van der Waals surface area contributed by atoms with Gasteiger partial charge in [0.25, 0.3) is 0 Å². The van der Waals surface area contributed by atoms with Crippen LogP contribution in [0.15, 0.2) is 48.5 Å². The molecule has 24 heavy (non-hydrogen) atoms. The van der Waals surface area contributed by atoms with Crippen molar-refractivity contribution in [2.45, 2.75) is 6.04 Å². The number of para-hydroxylation sites is 2. The minimum Gasteiger partial charge on any atom is -0.506 e. The lowest BCUT2D eigenvalue weighted by Gasteiger charge is -2.39. The van der Waals surface area contributed by atoms with E-state index in [1.165, 1.54) is 12.1 Å². The molecule has 0 radical (unpaired) electrons. The molecule has 1 atom stereocenters. The number of carbonyl (C=O) groups is 1. The fraction of sp³-hybridized carbons (Fsp3) is 0.278. The van der Waals surface area contributed by atoms with Crippen LogP contribution in [0.1, 0.15) is 11.6 Å². The first kappa shape index (κ1) is 16.3. The van der Waals surface area contributed by atoms with Gasteiger partial charge in [-0.05, 0) is 29.8 Å². The maximum atomic E-state index is 13.1. The van der Waals surface area contributed by atoms with Gasteiger partial charge in [0.2, 0.25) is 5.91 Å². The monoisotopic (exact) mass is 329 g/mol. The van der Waals surface area contributed by atoms with Gasteiger partial charge in [-0.15, -0.1) is 0 Å². The summed E-state index contributed by atoms with van der Waals surface area (Å²) >= 11 is 0. The van der Waals surface area contributed by atoms with E-state index in [2.05, 4.69) is 4.90 Å². The van der Waals surface area contributed by atoms with E-state index < -0.39 is 11.9 Å². The van der Waals surface area contributed by atoms with E-state index in [4.69, 9.17) is 5.73 Å². The Hall–Kier alpha value is -2.60. The first-order valence-electron chi connectivity index (χ1n) is 7.88. The Morgan fingerprint density at radius 1 is 1.04 bits per heavy atom. The van der Waals surface area contributed by atoms with Crippen molar-refractivity contribution < 1.29 is 14.3 Å². The van der Waals surface area contributed by atoms with Gasteiger partial charge in [-0.25, -0.2) is 4.39 Å². The van der Waals surface area contributed by atoms with E-state index in [0.29, 0.717) is 31.7 Å². The second kappa shape index (κ2) is 6.88. The molecule has 2 aromatic rings. The lowest BCUT2D eigenvalue weighted by molar-refractivity contribution is -0.123. The SMILES string of the molecule is NC(=O)[C@H](c1ccc(F)cc1)N1CCN(c2ccccc2O)CC1. The number of phenols is 1. The minimum atomic E-state index is -0.572. The number of phenolic OH excluding ortho intramolecular Hbond substituents is 1. The summed E-state index contributed by atoms with van der Waals surface area (Å²) in [6, 6.07) is 12.5. The van der Waals surface area contributed by atoms with E-state index >= 15 is 0 Å². The van der Waals surface area contributed by atoms with Crippen molar-refractivity contribution >= 4 is 11.6 Å². The predicted molar refractivity (Wildman–Crippen MR) is 90.2 cm³/mol. The second-order valence-corrected chi connectivity index (χ2v) is 5.87. The largest absolute Gasteiger partial charge is 0.506 e. The molecule has 1 saturated heterocycles. The number of piperazine rings is 1. The molecule has 0 spiro atoms. The molecular formula is C18H20FN3O2. The molecule has 6 heteroatoms. The number of anilines is 1. The number of nitrogens with zero attached hydrogens (tertiary/aromatic N) is 2. The molecule has 5 nitrogen and oxygen atoms in total. The summed E-state index contributed by atoms with van der Waals surface area (Å²) in [6.45, 7) is 2.59. The highest BCUT2D eigenvalue weighted by molar-refractivity contribution is 5.81. The molecule has 0 aromatic heterocycles. The van der Waals surface area contributed by atoms with Gasteiger partial charge in [0, 0.05) is 26.2 Å². The van der Waals surface area contributed by atoms with E-state index in [1.54, 1.807) is 24.3 Å². The Balaban J connectivity index is 1.73. The fourth-order valence-corrected chi connectivity index (χ4v) is 3.15. The molecule has 0 bridgehead atoms. The number of carbonyl (C=O) groups excluding carboxylic acids is 1. The van der Waals surface area contributed by atoms with Crippen LogP contribution in [0, 0.1) is 5.82 Å². The molecule has 1 aliphatic heterocycles. The lowest BCUT2D eigenvalue weighted by Crippen LogP contribution is -2.50. The maximum Gasteiger partial charge on any atom is 0.239 e. The number of hydrogen-bond donors (Lipinski definition) is 2. The Morgan fingerprint density at radius 2 is 1.67 bits per heavy atom. The van der Waals surface area contributed by atoms with Crippen molar-refractivity contribution in [2.24, 2.45) is 5.73 Å². The zero-order chi connectivity index (χ0) is 17.1. The van der Waals surface area contributed by atoms with Crippen molar-refractivity contribution in [1.82, 2.24) is 4.90 Å². The van der Waals surface area contributed by atoms with Gasteiger partial charge in [-0.3, -0.25) is 9.69 Å². The highest BCUT2D eigenvalue weighted by atomic mass is 19.1. The molecule has 126 valence electrons. The van der Waals surface area contributed by atoms with Gasteiger partial charge in [0.05, 0.1) is 5.69 Å². The van der Waals surface area contributed by atoms with Gasteiger partial charge in [-0.2, -0.15) is 0 Å². The normalized spacial score (nSPS) is 16.8. The van der Waals surface area contributed by atoms with Gasteiger partial charge in [0.15, 0.2) is 0 Å². The Kier molecular flexibility index (Phi) is 4.66. The third kappa shape index (κ3) is 3.33. The van der Waals surface area contributed by atoms with Crippen LogP contribution in [0.25, 0.3) is 0 Å². The van der Waals surface area contributed by atoms with Crippen LogP contribution in [0.4, 0.5) is 10.1 Å². The van der Waals surface area contributed by atoms with Crippen molar-refractivity contribution in [3.8, 4) is 5.75 Å². The number of halogens is 1. The third-order valence-corrected chi connectivity index (χ3v) is 4.36. The summed E-state index contributed by atoms with van der Waals surface area (Å²) in [5, 5.41) is 9.97. The van der Waals surface area contributed by atoms with E-state index in [-0.39, 0.29) is 11.6 Å². The summed E-state index contributed by atoms with van der Waals surface area (Å²) < 4.78 is 13.1. The second-order valence-electron chi connectivity index (χ2n) is 5.87. The summed E-state index contributed by atoms with van der Waals surface area (Å²) in [6.07, 6.45) is 0. The van der Waals surface area contributed by atoms with E-state index in [9.17, 15) is 14.3 Å². The van der Waals surface area contributed by atoms with Crippen molar-refractivity contribution in [1.29, 1.82) is 0 Å². The topological polar surface area (TPSA) is 69.8 Å². The van der Waals surface area contributed by atoms with Gasteiger partial charge in [0.1, 0.15) is 17.6 Å². The molecule has 0 aliphatic carbocycles. The first-order chi connectivity index (χ1) is 11.6. The van der Waals surface area contributed by atoms with E-state index in [0.717, 1.165) is 5.69 Å². The van der Waals surface area contributed by atoms with Crippen LogP contribution in [0.2, 0.25) is 0 Å². The number of rotatable bonds is 4. The molecule has 0 saturated carbocycles. The zero-order valence-electron chi connectivity index (χ0n) is 13.2. The third-order valence-electron chi connectivity index (χ3n) is 4.36. The fourth-order valence-electron chi connectivity index (χ4n) is 3.15. The lowest BCUT2D eigenvalue weighted by atomic mass is 10.0. The molecule has 1 heterocycles. The quantitative estimate of drug-likeness (QED) is 0.899. The van der Waals surface area contributed by atoms with Crippen LogP contribution in [0.5, 0.6) is 5.75 Å². The zero-order valence-corrected chi connectivity index (χ0v) is 13.2. The number of primary amides is 1. The van der Waals surface area contributed by atoms with E-state index in [1.807, 2.05) is 17.0 Å². The summed E-state index contributed by atoms with van der Waals surface area (Å²) in [5.41, 5.74) is 7.06. The number of nitrogens with two attached hydrogens (primary N) is 1. The number of benzene rings is 2. The highest BCUT2D eigenvalue weighted by Crippen LogP contribution is 2.29. The van der Waals surface area contributed by atoms with Crippen LogP contribution in [0.3, 0.4) is 0 Å². The Labute approximate surface area is 140 Å². The Bertz CT molecular complexity index is 712. The molecule has 1 amide bonds. The van der Waals surface area contributed by atoms with Crippen LogP contribution >= 0.6 is 0 Å². The maximum absolute atomic E-state index is 13.1. The summed E-state index contributed by atoms with van der Waals surface area (Å²) in [4.78, 5) is 16.0. The molecule has 1 fully saturated rings. The van der Waals surface area contributed by atoms with Crippen molar-refractivity contribution in [3.05, 3.63) is 59.9 Å². The summed E-state index contributed by atoms with van der Waals surface area (Å²) in [5.74, 6) is -0.542. The average Bonchev–Trinajstić information content (AvgIpc) is 2.58. The standard InChI is InChI=1S/C18H20FN3O2/c19-14-7-5-13(6-8-14)17(18(20)24)22-11-9-21(10-12-22)15-3-1-2-4-16(15)23/h1-8,17,23H,9-12H2,(H2,20,24)/t17-/m0/s1. The molecule has 2 aromatic carbocycles. The van der Waals surface area contributed by atoms with Crippen LogP contribution in [-0.4, -0.2) is 42.1 Å². The molecule has 0 unspecified atom stereocenters. The molecule has 3 N–H and O–H groups in total. The van der Waals surface area contributed by atoms with Gasteiger partial charge >= 0.3 is 0 Å². The smallest absolute Gasteiger partial charge is 0.239 e.